The van der Waals surface area contributed by atoms with E-state index in [0.717, 1.165) is 0 Å². The summed E-state index contributed by atoms with van der Waals surface area (Å²) in [7, 11) is 0. The fourth-order valence-electron chi connectivity index (χ4n) is 0.649. The normalized spacial score (nSPS) is 14.4. The first kappa shape index (κ1) is 10.3. The van der Waals surface area contributed by atoms with E-state index in [0.29, 0.717) is 6.42 Å². The van der Waals surface area contributed by atoms with Crippen LogP contribution in [0, 0.1) is 5.92 Å². The van der Waals surface area contributed by atoms with Crippen LogP contribution in [0.3, 0.4) is 0 Å². The summed E-state index contributed by atoms with van der Waals surface area (Å²) in [5, 5.41) is 0. The minimum absolute atomic E-state index is 0.0472. The Kier molecular flexibility index (Phi) is 4.75. The average Bonchev–Trinajstić information content (AvgIpc) is 1.86. The van der Waals surface area contributed by atoms with Gasteiger partial charge in [-0.25, -0.2) is 8.78 Å². The Balaban J connectivity index is 4.23. The fraction of sp³-hybridized carbons (Fsp3) is 0.556. The molecule has 0 atom stereocenters. The highest BCUT2D eigenvalue weighted by Gasteiger charge is 2.01. The quantitative estimate of drug-likeness (QED) is 0.551. The third-order valence-corrected chi connectivity index (χ3v) is 1.09. The van der Waals surface area contributed by atoms with Crippen molar-refractivity contribution in [1.82, 2.24) is 0 Å². The molecule has 0 spiro atoms. The average molecular weight is 160 g/mol. The van der Waals surface area contributed by atoms with Crippen LogP contribution >= 0.6 is 0 Å². The van der Waals surface area contributed by atoms with Gasteiger partial charge in [-0.2, -0.15) is 0 Å². The first-order valence-electron chi connectivity index (χ1n) is 3.81. The van der Waals surface area contributed by atoms with Gasteiger partial charge >= 0.3 is 0 Å². The van der Waals surface area contributed by atoms with E-state index in [4.69, 9.17) is 0 Å². The zero-order chi connectivity index (χ0) is 8.85. The second kappa shape index (κ2) is 5.05. The van der Waals surface area contributed by atoms with Crippen molar-refractivity contribution >= 4 is 0 Å². The zero-order valence-electron chi connectivity index (χ0n) is 7.20. The van der Waals surface area contributed by atoms with Gasteiger partial charge in [-0.1, -0.05) is 20.8 Å². The molecule has 2 heteroatoms. The lowest BCUT2D eigenvalue weighted by Crippen LogP contribution is -1.83. The molecule has 0 unspecified atom stereocenters. The monoisotopic (exact) mass is 160 g/mol. The maximum Gasteiger partial charge on any atom is 0.154 e. The van der Waals surface area contributed by atoms with Crippen LogP contribution in [0.1, 0.15) is 27.2 Å². The van der Waals surface area contributed by atoms with Crippen LogP contribution in [0.4, 0.5) is 8.78 Å². The molecule has 0 heterocycles. The van der Waals surface area contributed by atoms with E-state index in [9.17, 15) is 8.78 Å². The summed E-state index contributed by atoms with van der Waals surface area (Å²) in [4.78, 5) is 0. The SMILES string of the molecule is CC/C=C(F)\C(F)=C/C(C)C. The largest absolute Gasteiger partial charge is 0.204 e. The number of halogens is 2. The van der Waals surface area contributed by atoms with E-state index in [-0.39, 0.29) is 5.92 Å². The van der Waals surface area contributed by atoms with Crippen LogP contribution < -0.4 is 0 Å². The van der Waals surface area contributed by atoms with Gasteiger partial charge in [0.1, 0.15) is 0 Å². The molecule has 11 heavy (non-hydrogen) atoms. The van der Waals surface area contributed by atoms with Crippen LogP contribution in [0.15, 0.2) is 23.8 Å². The molecular formula is C9H14F2. The van der Waals surface area contributed by atoms with E-state index < -0.39 is 11.7 Å². The van der Waals surface area contributed by atoms with Gasteiger partial charge < -0.3 is 0 Å². The molecule has 0 bridgehead atoms. The fourth-order valence-corrected chi connectivity index (χ4v) is 0.649. The van der Waals surface area contributed by atoms with E-state index in [1.807, 2.05) is 0 Å². The second-order valence-corrected chi connectivity index (χ2v) is 2.72. The minimum atomic E-state index is -0.749. The summed E-state index contributed by atoms with van der Waals surface area (Å²) < 4.78 is 25.2. The van der Waals surface area contributed by atoms with Gasteiger partial charge in [-0.15, -0.1) is 0 Å². The molecule has 0 saturated heterocycles. The summed E-state index contributed by atoms with van der Waals surface area (Å²) in [5.41, 5.74) is 0. The number of hydrogen-bond acceptors (Lipinski definition) is 0. The van der Waals surface area contributed by atoms with E-state index in [2.05, 4.69) is 0 Å². The molecule has 0 saturated carbocycles. The van der Waals surface area contributed by atoms with Crippen molar-refractivity contribution in [2.24, 2.45) is 5.92 Å². The van der Waals surface area contributed by atoms with Crippen LogP contribution in [0.5, 0.6) is 0 Å². The first-order valence-corrected chi connectivity index (χ1v) is 3.81. The highest BCUT2D eigenvalue weighted by molar-refractivity contribution is 5.18. The first-order chi connectivity index (χ1) is 5.07. The molecule has 0 aliphatic heterocycles. The molecule has 0 aromatic rings. The molecule has 0 fully saturated rings. The second-order valence-electron chi connectivity index (χ2n) is 2.72. The van der Waals surface area contributed by atoms with E-state index >= 15 is 0 Å². The van der Waals surface area contributed by atoms with Crippen LogP contribution in [-0.4, -0.2) is 0 Å². The van der Waals surface area contributed by atoms with Crippen molar-refractivity contribution in [2.45, 2.75) is 27.2 Å². The van der Waals surface area contributed by atoms with Crippen LogP contribution in [0.2, 0.25) is 0 Å². The van der Waals surface area contributed by atoms with Gasteiger partial charge in [0.05, 0.1) is 0 Å². The van der Waals surface area contributed by atoms with E-state index in [1.165, 1.54) is 12.2 Å². The molecule has 0 aliphatic carbocycles. The van der Waals surface area contributed by atoms with Gasteiger partial charge in [0.25, 0.3) is 0 Å². The Morgan fingerprint density at radius 3 is 2.18 bits per heavy atom. The topological polar surface area (TPSA) is 0 Å². The van der Waals surface area contributed by atoms with Crippen molar-refractivity contribution in [3.8, 4) is 0 Å². The molecule has 0 aliphatic rings. The highest BCUT2D eigenvalue weighted by atomic mass is 19.2. The molecule has 0 amide bonds. The highest BCUT2D eigenvalue weighted by Crippen LogP contribution is 2.15. The van der Waals surface area contributed by atoms with Crippen LogP contribution in [-0.2, 0) is 0 Å². The number of hydrogen-bond donors (Lipinski definition) is 0. The predicted octanol–water partition coefficient (Wildman–Crippen LogP) is 3.76. The maximum atomic E-state index is 12.7. The lowest BCUT2D eigenvalue weighted by Gasteiger charge is -1.96. The zero-order valence-corrected chi connectivity index (χ0v) is 7.20. The summed E-state index contributed by atoms with van der Waals surface area (Å²) in [5.74, 6) is -1.45. The summed E-state index contributed by atoms with van der Waals surface area (Å²) in [6.45, 7) is 5.37. The summed E-state index contributed by atoms with van der Waals surface area (Å²) in [6.07, 6.45) is 3.01. The predicted molar refractivity (Wildman–Crippen MR) is 43.5 cm³/mol. The molecular weight excluding hydrogens is 146 g/mol. The molecule has 0 rings (SSSR count). The summed E-state index contributed by atoms with van der Waals surface area (Å²) >= 11 is 0. The van der Waals surface area contributed by atoms with Crippen molar-refractivity contribution in [1.29, 1.82) is 0 Å². The maximum absolute atomic E-state index is 12.7. The Hall–Kier alpha value is -0.660. The molecule has 0 N–H and O–H groups in total. The van der Waals surface area contributed by atoms with Crippen molar-refractivity contribution < 1.29 is 8.78 Å². The molecule has 64 valence electrons. The van der Waals surface area contributed by atoms with Crippen LogP contribution in [0.25, 0.3) is 0 Å². The lowest BCUT2D eigenvalue weighted by atomic mass is 10.2. The lowest BCUT2D eigenvalue weighted by molar-refractivity contribution is 0.532. The number of rotatable bonds is 3. The molecule has 0 aromatic heterocycles. The Morgan fingerprint density at radius 1 is 1.27 bits per heavy atom. The van der Waals surface area contributed by atoms with Crippen molar-refractivity contribution in [3.63, 3.8) is 0 Å². The van der Waals surface area contributed by atoms with Gasteiger partial charge in [-0.05, 0) is 24.5 Å². The van der Waals surface area contributed by atoms with Gasteiger partial charge in [0.15, 0.2) is 11.7 Å². The van der Waals surface area contributed by atoms with Crippen molar-refractivity contribution in [2.75, 3.05) is 0 Å². The van der Waals surface area contributed by atoms with Gasteiger partial charge in [-0.3, -0.25) is 0 Å². The Morgan fingerprint density at radius 2 is 1.82 bits per heavy atom. The van der Waals surface area contributed by atoms with Gasteiger partial charge in [0, 0.05) is 0 Å². The molecule has 0 aromatic carbocycles. The Bertz CT molecular complexity index is 166. The van der Waals surface area contributed by atoms with E-state index in [1.54, 1.807) is 20.8 Å². The third-order valence-electron chi connectivity index (χ3n) is 1.09. The molecule has 0 radical (unpaired) electrons. The molecule has 0 nitrogen and oxygen atoms in total. The van der Waals surface area contributed by atoms with Crippen molar-refractivity contribution in [3.05, 3.63) is 23.8 Å². The van der Waals surface area contributed by atoms with Gasteiger partial charge in [0.2, 0.25) is 0 Å². The minimum Gasteiger partial charge on any atom is -0.204 e. The number of allylic oxidation sites excluding steroid dienone is 4. The Labute approximate surface area is 66.6 Å². The summed E-state index contributed by atoms with van der Waals surface area (Å²) in [6, 6.07) is 0. The smallest absolute Gasteiger partial charge is 0.154 e. The third kappa shape index (κ3) is 4.71. The standard InChI is InChI=1S/C9H14F2/c1-4-5-8(10)9(11)6-7(2)3/h5-7H,4H2,1-3H3/b8-5+,9-6+.